The fourth-order valence-corrected chi connectivity index (χ4v) is 1.97. The SMILES string of the molecule is CCCC(NC(=O)NCc1ccc(F)cc1)C(=O)NCC(C)C#N. The van der Waals surface area contributed by atoms with Crippen LogP contribution in [0, 0.1) is 23.1 Å². The number of nitriles is 1. The Morgan fingerprint density at radius 2 is 1.92 bits per heavy atom. The molecule has 3 N–H and O–H groups in total. The van der Waals surface area contributed by atoms with Crippen molar-refractivity contribution in [3.63, 3.8) is 0 Å². The van der Waals surface area contributed by atoms with E-state index in [0.717, 1.165) is 12.0 Å². The second-order valence-corrected chi connectivity index (χ2v) is 5.57. The number of carbonyl (C=O) groups is 2. The summed E-state index contributed by atoms with van der Waals surface area (Å²) < 4.78 is 12.8. The second-order valence-electron chi connectivity index (χ2n) is 5.57. The summed E-state index contributed by atoms with van der Waals surface area (Å²) in [5.74, 6) is -0.936. The minimum absolute atomic E-state index is 0.234. The third kappa shape index (κ3) is 7.09. The predicted octanol–water partition coefficient (Wildman–Crippen LogP) is 2.07. The van der Waals surface area contributed by atoms with Gasteiger partial charge in [-0.3, -0.25) is 4.79 Å². The number of nitrogens with one attached hydrogen (secondary N) is 3. The first-order chi connectivity index (χ1) is 11.5. The number of rotatable bonds is 8. The Balaban J connectivity index is 2.48. The molecule has 1 aromatic carbocycles. The molecule has 0 aliphatic rings. The fourth-order valence-electron chi connectivity index (χ4n) is 1.97. The van der Waals surface area contributed by atoms with Gasteiger partial charge in [0.2, 0.25) is 5.91 Å². The van der Waals surface area contributed by atoms with Gasteiger partial charge in [0, 0.05) is 13.1 Å². The summed E-state index contributed by atoms with van der Waals surface area (Å²) in [4.78, 5) is 24.0. The molecule has 2 atom stereocenters. The molecule has 7 heteroatoms. The lowest BCUT2D eigenvalue weighted by molar-refractivity contribution is -0.123. The molecule has 2 unspecified atom stereocenters. The average molecular weight is 334 g/mol. The topological polar surface area (TPSA) is 94.0 Å². The van der Waals surface area contributed by atoms with Crippen molar-refractivity contribution in [1.82, 2.24) is 16.0 Å². The Morgan fingerprint density at radius 3 is 2.50 bits per heavy atom. The number of urea groups is 1. The van der Waals surface area contributed by atoms with Crippen LogP contribution in [0.5, 0.6) is 0 Å². The van der Waals surface area contributed by atoms with E-state index in [1.165, 1.54) is 12.1 Å². The van der Waals surface area contributed by atoms with Crippen molar-refractivity contribution >= 4 is 11.9 Å². The number of hydrogen-bond donors (Lipinski definition) is 3. The predicted molar refractivity (Wildman–Crippen MR) is 88.3 cm³/mol. The van der Waals surface area contributed by atoms with E-state index in [2.05, 4.69) is 16.0 Å². The molecule has 0 spiro atoms. The zero-order valence-electron chi connectivity index (χ0n) is 13.9. The zero-order valence-corrected chi connectivity index (χ0v) is 13.9. The molecule has 6 nitrogen and oxygen atoms in total. The number of amides is 3. The summed E-state index contributed by atoms with van der Waals surface area (Å²) in [6, 6.07) is 6.70. The van der Waals surface area contributed by atoms with Gasteiger partial charge in [0.25, 0.3) is 0 Å². The van der Waals surface area contributed by atoms with Crippen LogP contribution in [0.25, 0.3) is 0 Å². The van der Waals surface area contributed by atoms with Crippen molar-refractivity contribution in [2.24, 2.45) is 5.92 Å². The molecule has 0 saturated carbocycles. The van der Waals surface area contributed by atoms with Crippen molar-refractivity contribution in [1.29, 1.82) is 5.26 Å². The van der Waals surface area contributed by atoms with Gasteiger partial charge in [-0.2, -0.15) is 5.26 Å². The van der Waals surface area contributed by atoms with Crippen LogP contribution in [-0.4, -0.2) is 24.5 Å². The Labute approximate surface area is 141 Å². The molecule has 0 aliphatic carbocycles. The third-order valence-electron chi connectivity index (χ3n) is 3.37. The summed E-state index contributed by atoms with van der Waals surface area (Å²) >= 11 is 0. The van der Waals surface area contributed by atoms with Gasteiger partial charge in [-0.1, -0.05) is 25.5 Å². The van der Waals surface area contributed by atoms with Gasteiger partial charge in [0.15, 0.2) is 0 Å². The van der Waals surface area contributed by atoms with E-state index in [1.807, 2.05) is 13.0 Å². The monoisotopic (exact) mass is 334 g/mol. The molecule has 0 aliphatic heterocycles. The highest BCUT2D eigenvalue weighted by molar-refractivity contribution is 5.86. The fraction of sp³-hybridized carbons (Fsp3) is 0.471. The molecule has 0 fully saturated rings. The second kappa shape index (κ2) is 10.2. The normalized spacial score (nSPS) is 12.6. The quantitative estimate of drug-likeness (QED) is 0.679. The van der Waals surface area contributed by atoms with Crippen molar-refractivity contribution < 1.29 is 14.0 Å². The highest BCUT2D eigenvalue weighted by atomic mass is 19.1. The lowest BCUT2D eigenvalue weighted by Gasteiger charge is -2.18. The minimum atomic E-state index is -0.658. The standard InChI is InChI=1S/C17H23FN4O2/c1-3-4-15(16(23)20-10-12(2)9-19)22-17(24)21-11-13-5-7-14(18)8-6-13/h5-8,12,15H,3-4,10-11H2,1-2H3,(H,20,23)(H2,21,22,24). The Morgan fingerprint density at radius 1 is 1.25 bits per heavy atom. The molecule has 1 rings (SSSR count). The van der Waals surface area contributed by atoms with Crippen LogP contribution in [0.3, 0.4) is 0 Å². The minimum Gasteiger partial charge on any atom is -0.353 e. The molecule has 1 aromatic rings. The molecule has 3 amide bonds. The summed E-state index contributed by atoms with van der Waals surface area (Å²) in [5.41, 5.74) is 0.755. The summed E-state index contributed by atoms with van der Waals surface area (Å²) in [6.07, 6.45) is 1.22. The molecular weight excluding hydrogens is 311 g/mol. The maximum Gasteiger partial charge on any atom is 0.315 e. The molecule has 130 valence electrons. The van der Waals surface area contributed by atoms with Crippen LogP contribution in [0.1, 0.15) is 32.3 Å². The van der Waals surface area contributed by atoms with Crippen molar-refractivity contribution in [3.8, 4) is 6.07 Å². The van der Waals surface area contributed by atoms with E-state index < -0.39 is 12.1 Å². The number of halogens is 1. The molecule has 24 heavy (non-hydrogen) atoms. The van der Waals surface area contributed by atoms with Gasteiger partial charge >= 0.3 is 6.03 Å². The first-order valence-electron chi connectivity index (χ1n) is 7.92. The van der Waals surface area contributed by atoms with Gasteiger partial charge < -0.3 is 16.0 Å². The van der Waals surface area contributed by atoms with E-state index in [4.69, 9.17) is 5.26 Å². The molecule has 0 aromatic heterocycles. The van der Waals surface area contributed by atoms with Gasteiger partial charge in [0.05, 0.1) is 12.0 Å². The maximum absolute atomic E-state index is 12.8. The molecule has 0 heterocycles. The van der Waals surface area contributed by atoms with Crippen LogP contribution >= 0.6 is 0 Å². The zero-order chi connectivity index (χ0) is 17.9. The van der Waals surface area contributed by atoms with Gasteiger partial charge in [-0.25, -0.2) is 9.18 Å². The lowest BCUT2D eigenvalue weighted by atomic mass is 10.1. The lowest BCUT2D eigenvalue weighted by Crippen LogP contribution is -2.50. The number of hydrogen-bond acceptors (Lipinski definition) is 3. The Kier molecular flexibility index (Phi) is 8.26. The smallest absolute Gasteiger partial charge is 0.315 e. The third-order valence-corrected chi connectivity index (χ3v) is 3.37. The number of carbonyl (C=O) groups excluding carboxylic acids is 2. The number of nitrogens with zero attached hydrogens (tertiary/aromatic N) is 1. The maximum atomic E-state index is 12.8. The molecular formula is C17H23FN4O2. The summed E-state index contributed by atoms with van der Waals surface area (Å²) in [6.45, 7) is 4.10. The Hall–Kier alpha value is -2.62. The van der Waals surface area contributed by atoms with Gasteiger partial charge in [0.1, 0.15) is 11.9 Å². The van der Waals surface area contributed by atoms with E-state index >= 15 is 0 Å². The first kappa shape index (κ1) is 19.4. The highest BCUT2D eigenvalue weighted by Gasteiger charge is 2.20. The largest absolute Gasteiger partial charge is 0.353 e. The van der Waals surface area contributed by atoms with E-state index in [-0.39, 0.29) is 30.7 Å². The average Bonchev–Trinajstić information content (AvgIpc) is 2.58. The van der Waals surface area contributed by atoms with Crippen molar-refractivity contribution in [3.05, 3.63) is 35.6 Å². The first-order valence-corrected chi connectivity index (χ1v) is 7.92. The summed E-state index contributed by atoms with van der Waals surface area (Å²) in [7, 11) is 0. The van der Waals surface area contributed by atoms with Crippen LogP contribution in [-0.2, 0) is 11.3 Å². The molecule has 0 bridgehead atoms. The van der Waals surface area contributed by atoms with Gasteiger partial charge in [-0.05, 0) is 31.0 Å². The van der Waals surface area contributed by atoms with Crippen LogP contribution in [0.2, 0.25) is 0 Å². The van der Waals surface area contributed by atoms with E-state index in [0.29, 0.717) is 6.42 Å². The number of benzene rings is 1. The summed E-state index contributed by atoms with van der Waals surface area (Å²) in [5, 5.41) is 16.6. The van der Waals surface area contributed by atoms with Crippen molar-refractivity contribution in [2.45, 2.75) is 39.3 Å². The van der Waals surface area contributed by atoms with Crippen LogP contribution in [0.4, 0.5) is 9.18 Å². The van der Waals surface area contributed by atoms with Gasteiger partial charge in [-0.15, -0.1) is 0 Å². The van der Waals surface area contributed by atoms with E-state index in [9.17, 15) is 14.0 Å². The molecule has 0 radical (unpaired) electrons. The van der Waals surface area contributed by atoms with Crippen LogP contribution < -0.4 is 16.0 Å². The Bertz CT molecular complexity index is 583. The highest BCUT2D eigenvalue weighted by Crippen LogP contribution is 2.02. The van der Waals surface area contributed by atoms with E-state index in [1.54, 1.807) is 19.1 Å². The van der Waals surface area contributed by atoms with Crippen molar-refractivity contribution in [2.75, 3.05) is 6.54 Å². The van der Waals surface area contributed by atoms with Crippen LogP contribution in [0.15, 0.2) is 24.3 Å². The molecule has 0 saturated heterocycles.